The van der Waals surface area contributed by atoms with E-state index in [0.717, 1.165) is 22.2 Å². The van der Waals surface area contributed by atoms with Crippen LogP contribution in [-0.4, -0.2) is 15.9 Å². The Hall–Kier alpha value is -3.21. The van der Waals surface area contributed by atoms with Crippen LogP contribution in [0.4, 0.5) is 11.4 Å². The predicted octanol–water partition coefficient (Wildman–Crippen LogP) is 3.00. The van der Waals surface area contributed by atoms with Crippen LogP contribution in [0.2, 0.25) is 0 Å². The van der Waals surface area contributed by atoms with Crippen LogP contribution < -0.4 is 11.1 Å². The number of benzene rings is 1. The zero-order valence-electron chi connectivity index (χ0n) is 11.8. The molecule has 0 aliphatic carbocycles. The Morgan fingerprint density at radius 1 is 1.14 bits per heavy atom. The van der Waals surface area contributed by atoms with Gasteiger partial charge in [-0.3, -0.25) is 14.8 Å². The molecule has 0 atom stereocenters. The van der Waals surface area contributed by atoms with Gasteiger partial charge in [0.05, 0.1) is 11.2 Å². The number of aromatic nitrogens is 2. The topological polar surface area (TPSA) is 80.9 Å². The minimum Gasteiger partial charge on any atom is -0.398 e. The van der Waals surface area contributed by atoms with Crippen LogP contribution in [0, 0.1) is 0 Å². The van der Waals surface area contributed by atoms with E-state index in [2.05, 4.69) is 21.9 Å². The molecule has 2 heterocycles. The molecule has 0 bridgehead atoms. The van der Waals surface area contributed by atoms with Crippen LogP contribution in [0.5, 0.6) is 0 Å². The van der Waals surface area contributed by atoms with Gasteiger partial charge in [0, 0.05) is 34.7 Å². The number of anilines is 2. The number of fused-ring (bicyclic) bond motifs is 1. The van der Waals surface area contributed by atoms with Gasteiger partial charge < -0.3 is 11.1 Å². The minimum absolute atomic E-state index is 0.260. The number of nitrogen functional groups attached to an aromatic ring is 1. The lowest BCUT2D eigenvalue weighted by molar-refractivity contribution is -0.111. The third-order valence-electron chi connectivity index (χ3n) is 3.28. The Morgan fingerprint density at radius 2 is 1.95 bits per heavy atom. The summed E-state index contributed by atoms with van der Waals surface area (Å²) in [6, 6.07) is 11.1. The molecule has 0 fully saturated rings. The van der Waals surface area contributed by atoms with Gasteiger partial charge in [-0.25, -0.2) is 0 Å². The Morgan fingerprint density at radius 3 is 2.77 bits per heavy atom. The highest BCUT2D eigenvalue weighted by Crippen LogP contribution is 2.26. The lowest BCUT2D eigenvalue weighted by atomic mass is 10.1. The first kappa shape index (κ1) is 13.8. The van der Waals surface area contributed by atoms with Crippen molar-refractivity contribution in [2.24, 2.45) is 0 Å². The van der Waals surface area contributed by atoms with Crippen LogP contribution >= 0.6 is 0 Å². The summed E-state index contributed by atoms with van der Waals surface area (Å²) in [4.78, 5) is 20.0. The SMILES string of the molecule is C=CC(=O)Nc1ccnc(-c2ccc3nccc(N)c3c2)c1. The van der Waals surface area contributed by atoms with Gasteiger partial charge >= 0.3 is 0 Å². The van der Waals surface area contributed by atoms with E-state index in [1.165, 1.54) is 6.08 Å². The van der Waals surface area contributed by atoms with Crippen LogP contribution in [0.1, 0.15) is 0 Å². The Labute approximate surface area is 127 Å². The van der Waals surface area contributed by atoms with Crippen molar-refractivity contribution in [1.82, 2.24) is 9.97 Å². The van der Waals surface area contributed by atoms with Gasteiger partial charge in [-0.1, -0.05) is 12.6 Å². The number of hydrogen-bond donors (Lipinski definition) is 2. The van der Waals surface area contributed by atoms with Gasteiger partial charge in [-0.05, 0) is 36.4 Å². The number of carbonyl (C=O) groups is 1. The van der Waals surface area contributed by atoms with Gasteiger partial charge in [-0.2, -0.15) is 0 Å². The normalized spacial score (nSPS) is 10.4. The van der Waals surface area contributed by atoms with Gasteiger partial charge in [0.1, 0.15) is 0 Å². The lowest BCUT2D eigenvalue weighted by Gasteiger charge is -2.07. The van der Waals surface area contributed by atoms with Gasteiger partial charge in [-0.15, -0.1) is 0 Å². The summed E-state index contributed by atoms with van der Waals surface area (Å²) in [6.45, 7) is 3.43. The summed E-state index contributed by atoms with van der Waals surface area (Å²) >= 11 is 0. The quantitative estimate of drug-likeness (QED) is 0.727. The van der Waals surface area contributed by atoms with E-state index in [0.29, 0.717) is 11.4 Å². The van der Waals surface area contributed by atoms with Crippen molar-refractivity contribution in [3.8, 4) is 11.3 Å². The van der Waals surface area contributed by atoms with E-state index in [9.17, 15) is 4.79 Å². The van der Waals surface area contributed by atoms with Crippen LogP contribution in [-0.2, 0) is 4.79 Å². The summed E-state index contributed by atoms with van der Waals surface area (Å²) in [5.41, 5.74) is 9.80. The van der Waals surface area contributed by atoms with E-state index in [1.807, 2.05) is 18.2 Å². The van der Waals surface area contributed by atoms with Crippen molar-refractivity contribution in [2.75, 3.05) is 11.1 Å². The molecule has 1 amide bonds. The molecule has 3 rings (SSSR count). The van der Waals surface area contributed by atoms with E-state index >= 15 is 0 Å². The Balaban J connectivity index is 2.03. The predicted molar refractivity (Wildman–Crippen MR) is 88.2 cm³/mol. The molecule has 0 spiro atoms. The zero-order valence-corrected chi connectivity index (χ0v) is 11.8. The molecule has 1 aromatic carbocycles. The molecule has 0 saturated carbocycles. The summed E-state index contributed by atoms with van der Waals surface area (Å²) < 4.78 is 0. The van der Waals surface area contributed by atoms with Gasteiger partial charge in [0.25, 0.3) is 0 Å². The highest BCUT2D eigenvalue weighted by molar-refractivity contribution is 5.99. The molecule has 22 heavy (non-hydrogen) atoms. The Kier molecular flexibility index (Phi) is 3.53. The molecule has 5 heteroatoms. The molecule has 5 nitrogen and oxygen atoms in total. The zero-order chi connectivity index (χ0) is 15.5. The van der Waals surface area contributed by atoms with Crippen LogP contribution in [0.25, 0.3) is 22.2 Å². The number of hydrogen-bond acceptors (Lipinski definition) is 4. The average molecular weight is 290 g/mol. The van der Waals surface area contributed by atoms with Crippen LogP contribution in [0.3, 0.4) is 0 Å². The second-order valence-corrected chi connectivity index (χ2v) is 4.76. The Bertz CT molecular complexity index is 873. The van der Waals surface area contributed by atoms with Gasteiger partial charge in [0.2, 0.25) is 5.91 Å². The van der Waals surface area contributed by atoms with Crippen molar-refractivity contribution >= 4 is 28.2 Å². The molecule has 0 aliphatic rings. The van der Waals surface area contributed by atoms with Crippen molar-refractivity contribution < 1.29 is 4.79 Å². The molecule has 3 aromatic rings. The molecule has 0 aliphatic heterocycles. The minimum atomic E-state index is -0.260. The summed E-state index contributed by atoms with van der Waals surface area (Å²) in [5, 5.41) is 3.59. The largest absolute Gasteiger partial charge is 0.398 e. The maximum absolute atomic E-state index is 11.4. The van der Waals surface area contributed by atoms with E-state index in [-0.39, 0.29) is 5.91 Å². The second kappa shape index (κ2) is 5.65. The molecule has 0 radical (unpaired) electrons. The number of nitrogens with two attached hydrogens (primary N) is 1. The second-order valence-electron chi connectivity index (χ2n) is 4.76. The van der Waals surface area contributed by atoms with Crippen molar-refractivity contribution in [2.45, 2.75) is 0 Å². The molecule has 2 aromatic heterocycles. The first-order valence-electron chi connectivity index (χ1n) is 6.71. The molecule has 0 saturated heterocycles. The first-order chi connectivity index (χ1) is 10.7. The molecule has 3 N–H and O–H groups in total. The third kappa shape index (κ3) is 2.64. The number of nitrogens with one attached hydrogen (secondary N) is 1. The summed E-state index contributed by atoms with van der Waals surface area (Å²) in [6.07, 6.45) is 4.55. The highest BCUT2D eigenvalue weighted by atomic mass is 16.1. The fourth-order valence-electron chi connectivity index (χ4n) is 2.19. The molecule has 108 valence electrons. The van der Waals surface area contributed by atoms with E-state index < -0.39 is 0 Å². The monoisotopic (exact) mass is 290 g/mol. The molecular weight excluding hydrogens is 276 g/mol. The number of nitrogens with zero attached hydrogens (tertiary/aromatic N) is 2. The van der Waals surface area contributed by atoms with Crippen molar-refractivity contribution in [1.29, 1.82) is 0 Å². The molecule has 0 unspecified atom stereocenters. The lowest BCUT2D eigenvalue weighted by Crippen LogP contribution is -2.07. The maximum Gasteiger partial charge on any atom is 0.247 e. The summed E-state index contributed by atoms with van der Waals surface area (Å²) in [7, 11) is 0. The standard InChI is InChI=1S/C17H14N4O/c1-2-17(22)21-12-5-7-20-16(10-12)11-3-4-15-13(9-11)14(18)6-8-19-15/h2-10H,1H2,(H2,18,19)(H,20,21,22). The smallest absolute Gasteiger partial charge is 0.247 e. The number of carbonyl (C=O) groups excluding carboxylic acids is 1. The highest BCUT2D eigenvalue weighted by Gasteiger charge is 2.05. The van der Waals surface area contributed by atoms with Crippen LogP contribution in [0.15, 0.2) is 61.4 Å². The number of pyridine rings is 2. The molecular formula is C17H14N4O. The van der Waals surface area contributed by atoms with Gasteiger partial charge in [0.15, 0.2) is 0 Å². The van der Waals surface area contributed by atoms with E-state index in [1.54, 1.807) is 30.6 Å². The third-order valence-corrected chi connectivity index (χ3v) is 3.28. The average Bonchev–Trinajstić information content (AvgIpc) is 2.55. The fourth-order valence-corrected chi connectivity index (χ4v) is 2.19. The summed E-state index contributed by atoms with van der Waals surface area (Å²) in [5.74, 6) is -0.260. The number of rotatable bonds is 3. The first-order valence-corrected chi connectivity index (χ1v) is 6.71. The van der Waals surface area contributed by atoms with E-state index in [4.69, 9.17) is 5.73 Å². The fraction of sp³-hybridized carbons (Fsp3) is 0. The maximum atomic E-state index is 11.4. The van der Waals surface area contributed by atoms with Crippen molar-refractivity contribution in [3.05, 3.63) is 61.4 Å². The van der Waals surface area contributed by atoms with Crippen molar-refractivity contribution in [3.63, 3.8) is 0 Å². The number of amides is 1.